The molecule has 0 bridgehead atoms. The van der Waals surface area contributed by atoms with E-state index in [4.69, 9.17) is 4.74 Å². The Kier molecular flexibility index (Phi) is 4.14. The summed E-state index contributed by atoms with van der Waals surface area (Å²) in [7, 11) is 0. The summed E-state index contributed by atoms with van der Waals surface area (Å²) in [6.07, 6.45) is 0.724. The summed E-state index contributed by atoms with van der Waals surface area (Å²) in [5, 5.41) is 13.2. The van der Waals surface area contributed by atoms with Gasteiger partial charge in [0.15, 0.2) is 5.82 Å². The van der Waals surface area contributed by atoms with Gasteiger partial charge in [-0.3, -0.25) is 4.79 Å². The number of nitrogens with zero attached hydrogens (tertiary/aromatic N) is 4. The zero-order valence-corrected chi connectivity index (χ0v) is 12.4. The molecule has 6 nitrogen and oxygen atoms in total. The molecule has 2 heterocycles. The predicted molar refractivity (Wildman–Crippen MR) is 72.2 cm³/mol. The van der Waals surface area contributed by atoms with Crippen molar-refractivity contribution in [3.63, 3.8) is 0 Å². The fraction of sp³-hybridized carbons (Fsp3) is 0.667. The van der Waals surface area contributed by atoms with Crippen LogP contribution in [0.2, 0.25) is 0 Å². The van der Waals surface area contributed by atoms with Crippen molar-refractivity contribution < 1.29 is 9.53 Å². The maximum absolute atomic E-state index is 12.1. The highest BCUT2D eigenvalue weighted by Crippen LogP contribution is 2.29. The van der Waals surface area contributed by atoms with Crippen molar-refractivity contribution in [3.05, 3.63) is 10.8 Å². The molecule has 1 unspecified atom stereocenters. The van der Waals surface area contributed by atoms with Crippen LogP contribution in [0.4, 0.5) is 0 Å². The normalized spacial score (nSPS) is 13.1. The van der Waals surface area contributed by atoms with Crippen molar-refractivity contribution in [2.24, 2.45) is 5.92 Å². The molecule has 0 saturated carbocycles. The first-order valence-electron chi connectivity index (χ1n) is 6.38. The van der Waals surface area contributed by atoms with Crippen LogP contribution in [0.15, 0.2) is 0 Å². The highest BCUT2D eigenvalue weighted by atomic mass is 32.1. The molecule has 0 aromatic carbocycles. The Balaban J connectivity index is 2.33. The van der Waals surface area contributed by atoms with Crippen LogP contribution >= 0.6 is 11.3 Å². The third kappa shape index (κ3) is 2.91. The second kappa shape index (κ2) is 5.64. The average Bonchev–Trinajstić information content (AvgIpc) is 2.89. The van der Waals surface area contributed by atoms with Crippen LogP contribution in [0.1, 0.15) is 43.9 Å². The van der Waals surface area contributed by atoms with E-state index in [1.807, 2.05) is 13.8 Å². The summed E-state index contributed by atoms with van der Waals surface area (Å²) in [4.78, 5) is 12.8. The lowest BCUT2D eigenvalue weighted by atomic mass is 9.98. The number of hydrogen-bond acceptors (Lipinski definition) is 6. The Morgan fingerprint density at radius 1 is 1.42 bits per heavy atom. The molecule has 19 heavy (non-hydrogen) atoms. The summed E-state index contributed by atoms with van der Waals surface area (Å²) >= 11 is 1.40. The van der Waals surface area contributed by atoms with Crippen LogP contribution in [0, 0.1) is 12.8 Å². The smallest absolute Gasteiger partial charge is 0.315 e. The van der Waals surface area contributed by atoms with Crippen molar-refractivity contribution in [1.29, 1.82) is 0 Å². The summed E-state index contributed by atoms with van der Waals surface area (Å²) in [5.41, 5.74) is 0. The maximum atomic E-state index is 12.1. The number of hydrogen-bond donors (Lipinski definition) is 0. The van der Waals surface area contributed by atoms with Crippen LogP contribution in [0.5, 0.6) is 0 Å². The lowest BCUT2D eigenvalue weighted by Gasteiger charge is -2.14. The van der Waals surface area contributed by atoms with E-state index in [1.165, 1.54) is 11.3 Å². The van der Waals surface area contributed by atoms with Gasteiger partial charge in [-0.1, -0.05) is 25.2 Å². The monoisotopic (exact) mass is 282 g/mol. The number of fused-ring (bicyclic) bond motifs is 1. The third-order valence-electron chi connectivity index (χ3n) is 2.74. The van der Waals surface area contributed by atoms with Crippen molar-refractivity contribution >= 4 is 22.3 Å². The Morgan fingerprint density at radius 3 is 2.74 bits per heavy atom. The quantitative estimate of drug-likeness (QED) is 0.786. The molecule has 0 spiro atoms. The molecule has 1 atom stereocenters. The van der Waals surface area contributed by atoms with Crippen molar-refractivity contribution in [2.45, 2.75) is 40.0 Å². The van der Waals surface area contributed by atoms with Gasteiger partial charge in [-0.05, 0) is 26.2 Å². The molecule has 0 aliphatic rings. The summed E-state index contributed by atoms with van der Waals surface area (Å²) in [5.74, 6) is 0.597. The topological polar surface area (TPSA) is 69.4 Å². The van der Waals surface area contributed by atoms with E-state index in [-0.39, 0.29) is 11.9 Å². The molecular weight excluding hydrogens is 264 g/mol. The van der Waals surface area contributed by atoms with Crippen LogP contribution in [-0.4, -0.2) is 32.4 Å². The Labute approximate surface area is 115 Å². The van der Waals surface area contributed by atoms with Crippen LogP contribution < -0.4 is 0 Å². The third-order valence-corrected chi connectivity index (χ3v) is 3.75. The first-order valence-corrected chi connectivity index (χ1v) is 7.20. The molecular formula is C12H18N4O2S. The van der Waals surface area contributed by atoms with E-state index in [9.17, 15) is 4.79 Å². The zero-order chi connectivity index (χ0) is 14.0. The number of carbonyl (C=O) groups is 1. The Hall–Kier alpha value is -1.50. The van der Waals surface area contributed by atoms with Crippen LogP contribution in [-0.2, 0) is 9.53 Å². The second-order valence-corrected chi connectivity index (χ2v) is 5.80. The number of esters is 1. The second-order valence-electron chi connectivity index (χ2n) is 4.82. The van der Waals surface area contributed by atoms with Gasteiger partial charge in [0, 0.05) is 0 Å². The lowest BCUT2D eigenvalue weighted by molar-refractivity contribution is -0.145. The van der Waals surface area contributed by atoms with Crippen molar-refractivity contribution in [3.8, 4) is 0 Å². The molecule has 0 aliphatic carbocycles. The molecule has 2 aromatic heterocycles. The van der Waals surface area contributed by atoms with Gasteiger partial charge in [0.25, 0.3) is 0 Å². The zero-order valence-electron chi connectivity index (χ0n) is 11.6. The number of ether oxygens (including phenoxy) is 1. The summed E-state index contributed by atoms with van der Waals surface area (Å²) < 4.78 is 6.82. The minimum atomic E-state index is -0.314. The van der Waals surface area contributed by atoms with E-state index in [2.05, 4.69) is 29.1 Å². The van der Waals surface area contributed by atoms with Gasteiger partial charge in [0.05, 0.1) is 6.61 Å². The van der Waals surface area contributed by atoms with Crippen molar-refractivity contribution in [1.82, 2.24) is 19.8 Å². The number of rotatable bonds is 5. The van der Waals surface area contributed by atoms with E-state index in [0.717, 1.165) is 17.3 Å². The Bertz CT molecular complexity index is 575. The fourth-order valence-electron chi connectivity index (χ4n) is 1.88. The standard InChI is InChI=1S/C12H18N4O2S/c1-5-18-11(17)9(6-7(2)3)10-15-16-8(4)13-14-12(16)19-10/h7,9H,5-6H2,1-4H3. The Morgan fingerprint density at radius 2 is 2.16 bits per heavy atom. The molecule has 0 N–H and O–H groups in total. The van der Waals surface area contributed by atoms with Gasteiger partial charge in [0.2, 0.25) is 4.96 Å². The van der Waals surface area contributed by atoms with Crippen molar-refractivity contribution in [2.75, 3.05) is 6.61 Å². The van der Waals surface area contributed by atoms with Crippen LogP contribution in [0.3, 0.4) is 0 Å². The number of aromatic nitrogens is 4. The van der Waals surface area contributed by atoms with Crippen LogP contribution in [0.25, 0.3) is 4.96 Å². The van der Waals surface area contributed by atoms with Gasteiger partial charge in [-0.25, -0.2) is 0 Å². The highest BCUT2D eigenvalue weighted by molar-refractivity contribution is 7.16. The molecule has 0 amide bonds. The van der Waals surface area contributed by atoms with E-state index < -0.39 is 0 Å². The maximum Gasteiger partial charge on any atom is 0.315 e. The number of aryl methyl sites for hydroxylation is 1. The largest absolute Gasteiger partial charge is 0.465 e. The summed E-state index contributed by atoms with van der Waals surface area (Å²) in [6, 6.07) is 0. The molecule has 104 valence electrons. The molecule has 0 saturated heterocycles. The minimum Gasteiger partial charge on any atom is -0.465 e. The highest BCUT2D eigenvalue weighted by Gasteiger charge is 2.27. The number of carbonyl (C=O) groups excluding carboxylic acids is 1. The molecule has 0 radical (unpaired) electrons. The molecule has 2 aromatic rings. The van der Waals surface area contributed by atoms with E-state index in [0.29, 0.717) is 17.5 Å². The van der Waals surface area contributed by atoms with Gasteiger partial charge >= 0.3 is 5.97 Å². The minimum absolute atomic E-state index is 0.209. The lowest BCUT2D eigenvalue weighted by Crippen LogP contribution is -2.18. The van der Waals surface area contributed by atoms with Gasteiger partial charge in [0.1, 0.15) is 10.9 Å². The van der Waals surface area contributed by atoms with E-state index >= 15 is 0 Å². The molecule has 7 heteroatoms. The average molecular weight is 282 g/mol. The molecule has 2 rings (SSSR count). The SMILES string of the molecule is CCOC(=O)C(CC(C)C)c1nn2c(C)nnc2s1. The molecule has 0 aliphatic heterocycles. The fourth-order valence-corrected chi connectivity index (χ4v) is 2.87. The van der Waals surface area contributed by atoms with Gasteiger partial charge in [-0.2, -0.15) is 9.61 Å². The predicted octanol–water partition coefficient (Wildman–Crippen LogP) is 2.19. The summed E-state index contributed by atoms with van der Waals surface area (Å²) in [6.45, 7) is 8.20. The van der Waals surface area contributed by atoms with Gasteiger partial charge in [-0.15, -0.1) is 10.2 Å². The first kappa shape index (κ1) is 13.9. The molecule has 0 fully saturated rings. The van der Waals surface area contributed by atoms with E-state index in [1.54, 1.807) is 4.52 Å². The van der Waals surface area contributed by atoms with Gasteiger partial charge < -0.3 is 4.74 Å². The first-order chi connectivity index (χ1) is 9.02.